The summed E-state index contributed by atoms with van der Waals surface area (Å²) in [5.74, 6) is -0.276. The van der Waals surface area contributed by atoms with Gasteiger partial charge < -0.3 is 9.84 Å². The zero-order valence-electron chi connectivity index (χ0n) is 9.25. The summed E-state index contributed by atoms with van der Waals surface area (Å²) in [6.07, 6.45) is 1.48. The fourth-order valence-electron chi connectivity index (χ4n) is 1.52. The first-order chi connectivity index (χ1) is 7.63. The van der Waals surface area contributed by atoms with Crippen LogP contribution in [0.4, 0.5) is 4.39 Å². The molecule has 90 valence electrons. The van der Waals surface area contributed by atoms with Gasteiger partial charge in [0.15, 0.2) is 0 Å². The van der Waals surface area contributed by atoms with Gasteiger partial charge in [-0.15, -0.1) is 0 Å². The molecule has 0 bridgehead atoms. The lowest BCUT2D eigenvalue weighted by Gasteiger charge is -2.11. The second-order valence-electron chi connectivity index (χ2n) is 3.73. The number of rotatable bonds is 6. The number of methoxy groups -OCH3 is 1. The topological polar surface area (TPSA) is 29.5 Å². The van der Waals surface area contributed by atoms with Gasteiger partial charge in [-0.2, -0.15) is 0 Å². The molecule has 0 heterocycles. The first kappa shape index (κ1) is 13.6. The van der Waals surface area contributed by atoms with Crippen LogP contribution in [0.5, 0.6) is 0 Å². The smallest absolute Gasteiger partial charge is 0.123 e. The maximum atomic E-state index is 13.0. The summed E-state index contributed by atoms with van der Waals surface area (Å²) in [4.78, 5) is 0. The van der Waals surface area contributed by atoms with E-state index in [1.54, 1.807) is 13.2 Å². The minimum atomic E-state index is -0.451. The molecule has 0 saturated carbocycles. The van der Waals surface area contributed by atoms with E-state index >= 15 is 0 Å². The fourth-order valence-corrected chi connectivity index (χ4v) is 1.93. The van der Waals surface area contributed by atoms with Crippen LogP contribution in [-0.4, -0.2) is 24.9 Å². The van der Waals surface area contributed by atoms with Crippen LogP contribution >= 0.6 is 15.9 Å². The van der Waals surface area contributed by atoms with Crippen LogP contribution in [0.1, 0.15) is 18.4 Å². The Bertz CT molecular complexity index is 331. The third kappa shape index (κ3) is 4.60. The van der Waals surface area contributed by atoms with E-state index in [2.05, 4.69) is 15.9 Å². The maximum Gasteiger partial charge on any atom is 0.123 e. The fraction of sp³-hybridized carbons (Fsp3) is 0.500. The molecule has 0 saturated heterocycles. The van der Waals surface area contributed by atoms with Gasteiger partial charge >= 0.3 is 0 Å². The molecule has 16 heavy (non-hydrogen) atoms. The molecule has 2 nitrogen and oxygen atoms in total. The van der Waals surface area contributed by atoms with Gasteiger partial charge in [0.2, 0.25) is 0 Å². The SMILES string of the molecule is COCCCC(O)Cc1cc(F)ccc1Br. The summed E-state index contributed by atoms with van der Waals surface area (Å²) in [6, 6.07) is 4.50. The van der Waals surface area contributed by atoms with Crippen molar-refractivity contribution in [2.45, 2.75) is 25.4 Å². The van der Waals surface area contributed by atoms with Crippen LogP contribution < -0.4 is 0 Å². The van der Waals surface area contributed by atoms with Gasteiger partial charge in [-0.25, -0.2) is 4.39 Å². The average Bonchev–Trinajstić information content (AvgIpc) is 2.24. The second kappa shape index (κ2) is 6.99. The van der Waals surface area contributed by atoms with E-state index in [1.807, 2.05) is 0 Å². The van der Waals surface area contributed by atoms with E-state index in [0.717, 1.165) is 16.5 Å². The molecule has 0 aromatic heterocycles. The third-order valence-electron chi connectivity index (χ3n) is 2.35. The zero-order valence-corrected chi connectivity index (χ0v) is 10.8. The Balaban J connectivity index is 2.48. The van der Waals surface area contributed by atoms with Crippen LogP contribution in [0.3, 0.4) is 0 Å². The van der Waals surface area contributed by atoms with Crippen molar-refractivity contribution in [3.63, 3.8) is 0 Å². The van der Waals surface area contributed by atoms with Gasteiger partial charge in [0.25, 0.3) is 0 Å². The van der Waals surface area contributed by atoms with Gasteiger partial charge in [-0.05, 0) is 43.0 Å². The summed E-state index contributed by atoms with van der Waals surface area (Å²) >= 11 is 3.34. The maximum absolute atomic E-state index is 13.0. The molecule has 0 spiro atoms. The number of aliphatic hydroxyl groups excluding tert-OH is 1. The number of benzene rings is 1. The monoisotopic (exact) mass is 290 g/mol. The molecular formula is C12H16BrFO2. The zero-order chi connectivity index (χ0) is 12.0. The lowest BCUT2D eigenvalue weighted by Crippen LogP contribution is -2.12. The second-order valence-corrected chi connectivity index (χ2v) is 4.58. The van der Waals surface area contributed by atoms with Gasteiger partial charge in [0.1, 0.15) is 5.82 Å². The lowest BCUT2D eigenvalue weighted by molar-refractivity contribution is 0.135. The molecule has 4 heteroatoms. The highest BCUT2D eigenvalue weighted by molar-refractivity contribution is 9.10. The molecule has 1 rings (SSSR count). The Kier molecular flexibility index (Phi) is 5.95. The summed E-state index contributed by atoms with van der Waals surface area (Å²) < 4.78 is 18.7. The Morgan fingerprint density at radius 3 is 2.94 bits per heavy atom. The number of ether oxygens (including phenoxy) is 1. The summed E-state index contributed by atoms with van der Waals surface area (Å²) in [5.41, 5.74) is 0.796. The lowest BCUT2D eigenvalue weighted by atomic mass is 10.0. The van der Waals surface area contributed by atoms with E-state index in [0.29, 0.717) is 19.4 Å². The molecule has 0 fully saturated rings. The normalized spacial score (nSPS) is 12.8. The Morgan fingerprint density at radius 2 is 2.25 bits per heavy atom. The van der Waals surface area contributed by atoms with E-state index in [4.69, 9.17) is 4.74 Å². The predicted octanol–water partition coefficient (Wildman–Crippen LogP) is 2.92. The van der Waals surface area contributed by atoms with Gasteiger partial charge in [-0.3, -0.25) is 0 Å². The molecule has 0 aliphatic rings. The Morgan fingerprint density at radius 1 is 1.50 bits per heavy atom. The van der Waals surface area contributed by atoms with Crippen LogP contribution in [0.2, 0.25) is 0 Å². The predicted molar refractivity (Wildman–Crippen MR) is 64.9 cm³/mol. The van der Waals surface area contributed by atoms with E-state index in [-0.39, 0.29) is 5.82 Å². The summed E-state index contributed by atoms with van der Waals surface area (Å²) in [7, 11) is 1.63. The van der Waals surface area contributed by atoms with Crippen molar-refractivity contribution < 1.29 is 14.2 Å². The van der Waals surface area contributed by atoms with Crippen molar-refractivity contribution in [1.29, 1.82) is 0 Å². The standard InChI is InChI=1S/C12H16BrFO2/c1-16-6-2-3-11(15)8-9-7-10(14)4-5-12(9)13/h4-5,7,11,15H,2-3,6,8H2,1H3. The van der Waals surface area contributed by atoms with Gasteiger partial charge in [-0.1, -0.05) is 15.9 Å². The van der Waals surface area contributed by atoms with E-state index in [9.17, 15) is 9.50 Å². The highest BCUT2D eigenvalue weighted by Gasteiger charge is 2.09. The molecular weight excluding hydrogens is 275 g/mol. The molecule has 1 unspecified atom stereocenters. The minimum Gasteiger partial charge on any atom is -0.393 e. The molecule has 1 aromatic rings. The Hall–Kier alpha value is -0.450. The number of halogens is 2. The third-order valence-corrected chi connectivity index (χ3v) is 3.12. The molecule has 0 aliphatic carbocycles. The first-order valence-corrected chi connectivity index (χ1v) is 6.03. The van der Waals surface area contributed by atoms with E-state index in [1.165, 1.54) is 12.1 Å². The van der Waals surface area contributed by atoms with Crippen molar-refractivity contribution in [2.75, 3.05) is 13.7 Å². The molecule has 1 aromatic carbocycles. The average molecular weight is 291 g/mol. The number of aliphatic hydroxyl groups is 1. The van der Waals surface area contributed by atoms with E-state index < -0.39 is 6.10 Å². The van der Waals surface area contributed by atoms with Crippen molar-refractivity contribution >= 4 is 15.9 Å². The molecule has 0 aliphatic heterocycles. The number of hydrogen-bond donors (Lipinski definition) is 1. The van der Waals surface area contributed by atoms with Crippen molar-refractivity contribution in [3.8, 4) is 0 Å². The minimum absolute atomic E-state index is 0.276. The van der Waals surface area contributed by atoms with Crippen LogP contribution in [0.15, 0.2) is 22.7 Å². The number of hydrogen-bond acceptors (Lipinski definition) is 2. The quantitative estimate of drug-likeness (QED) is 0.817. The molecule has 0 amide bonds. The van der Waals surface area contributed by atoms with Crippen LogP contribution in [0.25, 0.3) is 0 Å². The van der Waals surface area contributed by atoms with Crippen molar-refractivity contribution in [2.24, 2.45) is 0 Å². The van der Waals surface area contributed by atoms with Crippen molar-refractivity contribution in [3.05, 3.63) is 34.1 Å². The van der Waals surface area contributed by atoms with Crippen molar-refractivity contribution in [1.82, 2.24) is 0 Å². The molecule has 0 radical (unpaired) electrons. The molecule has 1 N–H and O–H groups in total. The van der Waals surface area contributed by atoms with Gasteiger partial charge in [0, 0.05) is 18.2 Å². The summed E-state index contributed by atoms with van der Waals surface area (Å²) in [6.45, 7) is 0.640. The summed E-state index contributed by atoms with van der Waals surface area (Å²) in [5, 5.41) is 9.75. The molecule has 1 atom stereocenters. The van der Waals surface area contributed by atoms with Crippen LogP contribution in [-0.2, 0) is 11.2 Å². The van der Waals surface area contributed by atoms with Crippen LogP contribution in [0, 0.1) is 5.82 Å². The Labute approximate surface area is 104 Å². The highest BCUT2D eigenvalue weighted by Crippen LogP contribution is 2.20. The van der Waals surface area contributed by atoms with Gasteiger partial charge in [0.05, 0.1) is 6.10 Å². The first-order valence-electron chi connectivity index (χ1n) is 5.24. The largest absolute Gasteiger partial charge is 0.393 e. The highest BCUT2D eigenvalue weighted by atomic mass is 79.9.